The molecule has 2 aromatic rings. The Balaban J connectivity index is 2.13. The SMILES string of the molecule is CCCC(CC(C)C)Nc1cc(C)c(C=O)c(CN(C)Cc2ccc(OC(F)(F)F)cc2)c1. The minimum atomic E-state index is -4.70. The van der Waals surface area contributed by atoms with Crippen LogP contribution in [0, 0.1) is 12.8 Å². The molecule has 0 amide bonds. The number of nitrogens with one attached hydrogen (secondary N) is 1. The van der Waals surface area contributed by atoms with Crippen LogP contribution in [0.3, 0.4) is 0 Å². The fraction of sp³-hybridized carbons (Fsp3) is 0.500. The van der Waals surface area contributed by atoms with Gasteiger partial charge in [-0.05, 0) is 73.7 Å². The molecule has 0 aromatic heterocycles. The third kappa shape index (κ3) is 9.08. The van der Waals surface area contributed by atoms with Crippen molar-refractivity contribution in [2.75, 3.05) is 12.4 Å². The summed E-state index contributed by atoms with van der Waals surface area (Å²) in [6.45, 7) is 9.61. The van der Waals surface area contributed by atoms with E-state index in [-0.39, 0.29) is 5.75 Å². The molecule has 0 saturated carbocycles. The predicted molar refractivity (Wildman–Crippen MR) is 127 cm³/mol. The van der Waals surface area contributed by atoms with E-state index < -0.39 is 6.36 Å². The van der Waals surface area contributed by atoms with Gasteiger partial charge in [0.2, 0.25) is 0 Å². The van der Waals surface area contributed by atoms with Crippen molar-refractivity contribution in [3.63, 3.8) is 0 Å². The lowest BCUT2D eigenvalue weighted by Crippen LogP contribution is -2.22. The number of anilines is 1. The van der Waals surface area contributed by atoms with E-state index in [4.69, 9.17) is 0 Å². The van der Waals surface area contributed by atoms with Gasteiger partial charge >= 0.3 is 6.36 Å². The lowest BCUT2D eigenvalue weighted by molar-refractivity contribution is -0.274. The number of halogens is 3. The molecule has 0 saturated heterocycles. The number of carbonyl (C=O) groups excluding carboxylic acids is 1. The predicted octanol–water partition coefficient (Wildman–Crippen LogP) is 6.96. The van der Waals surface area contributed by atoms with Gasteiger partial charge in [0.15, 0.2) is 6.29 Å². The van der Waals surface area contributed by atoms with Gasteiger partial charge < -0.3 is 10.1 Å². The Morgan fingerprint density at radius 2 is 1.79 bits per heavy atom. The van der Waals surface area contributed by atoms with Crippen LogP contribution in [0.15, 0.2) is 36.4 Å². The number of rotatable bonds is 12. The molecule has 0 aliphatic heterocycles. The van der Waals surface area contributed by atoms with Gasteiger partial charge in [-0.25, -0.2) is 0 Å². The zero-order valence-corrected chi connectivity index (χ0v) is 20.1. The third-order valence-corrected chi connectivity index (χ3v) is 5.40. The molecule has 0 spiro atoms. The average Bonchev–Trinajstić information content (AvgIpc) is 2.68. The highest BCUT2D eigenvalue weighted by Gasteiger charge is 2.31. The zero-order valence-electron chi connectivity index (χ0n) is 20.1. The molecule has 2 rings (SSSR count). The fourth-order valence-electron chi connectivity index (χ4n) is 4.11. The number of ether oxygens (including phenoxy) is 1. The topological polar surface area (TPSA) is 41.6 Å². The molecule has 0 fully saturated rings. The molecule has 0 heterocycles. The fourth-order valence-corrected chi connectivity index (χ4v) is 4.11. The Bertz CT molecular complexity index is 896. The van der Waals surface area contributed by atoms with Crippen LogP contribution in [0.4, 0.5) is 18.9 Å². The number of carbonyl (C=O) groups is 1. The van der Waals surface area contributed by atoms with Crippen molar-refractivity contribution < 1.29 is 22.7 Å². The molecule has 0 aliphatic carbocycles. The molecule has 0 bridgehead atoms. The first-order valence-corrected chi connectivity index (χ1v) is 11.4. The zero-order chi connectivity index (χ0) is 24.6. The standard InChI is InChI=1S/C26H35F3N2O2/c1-6-7-22(12-18(2)3)30-23-13-19(4)25(17-32)21(14-23)16-31(5)15-20-8-10-24(11-9-20)33-26(27,28)29/h8-11,13-14,17-18,22,30H,6-7,12,15-16H2,1-5H3. The van der Waals surface area contributed by atoms with Crippen LogP contribution in [-0.4, -0.2) is 30.6 Å². The summed E-state index contributed by atoms with van der Waals surface area (Å²) in [6, 6.07) is 10.3. The number of aldehydes is 1. The second-order valence-corrected chi connectivity index (χ2v) is 9.11. The molecule has 7 heteroatoms. The molecular weight excluding hydrogens is 429 g/mol. The van der Waals surface area contributed by atoms with Gasteiger partial charge in [0.1, 0.15) is 5.75 Å². The number of hydrogen-bond donors (Lipinski definition) is 1. The molecule has 182 valence electrons. The van der Waals surface area contributed by atoms with Crippen molar-refractivity contribution in [3.05, 3.63) is 58.7 Å². The van der Waals surface area contributed by atoms with Crippen LogP contribution < -0.4 is 10.1 Å². The number of benzene rings is 2. The van der Waals surface area contributed by atoms with Crippen LogP contribution in [0.1, 0.15) is 67.1 Å². The summed E-state index contributed by atoms with van der Waals surface area (Å²) in [4.78, 5) is 13.8. The van der Waals surface area contributed by atoms with Crippen LogP contribution in [0.5, 0.6) is 5.75 Å². The molecule has 2 aromatic carbocycles. The van der Waals surface area contributed by atoms with Gasteiger partial charge in [-0.2, -0.15) is 0 Å². The van der Waals surface area contributed by atoms with E-state index in [9.17, 15) is 18.0 Å². The largest absolute Gasteiger partial charge is 0.573 e. The van der Waals surface area contributed by atoms with E-state index in [1.807, 2.05) is 31.0 Å². The van der Waals surface area contributed by atoms with E-state index in [0.717, 1.165) is 47.9 Å². The first-order valence-electron chi connectivity index (χ1n) is 11.4. The van der Waals surface area contributed by atoms with E-state index in [2.05, 4.69) is 30.8 Å². The molecule has 1 unspecified atom stereocenters. The summed E-state index contributed by atoms with van der Waals surface area (Å²) < 4.78 is 41.0. The smallest absolute Gasteiger partial charge is 0.406 e. The van der Waals surface area contributed by atoms with Gasteiger partial charge in [-0.15, -0.1) is 13.2 Å². The van der Waals surface area contributed by atoms with Gasteiger partial charge in [0.05, 0.1) is 0 Å². The van der Waals surface area contributed by atoms with Crippen LogP contribution in [-0.2, 0) is 13.1 Å². The van der Waals surface area contributed by atoms with Gasteiger partial charge in [0.25, 0.3) is 0 Å². The van der Waals surface area contributed by atoms with Crippen LogP contribution >= 0.6 is 0 Å². The third-order valence-electron chi connectivity index (χ3n) is 5.40. The Morgan fingerprint density at radius 3 is 2.33 bits per heavy atom. The second kappa shape index (κ2) is 12.1. The maximum absolute atomic E-state index is 12.4. The van der Waals surface area contributed by atoms with E-state index in [1.54, 1.807) is 12.1 Å². The Hall–Kier alpha value is -2.54. The van der Waals surface area contributed by atoms with Crippen LogP contribution in [0.25, 0.3) is 0 Å². The number of hydrogen-bond acceptors (Lipinski definition) is 4. The van der Waals surface area contributed by atoms with Crippen LogP contribution in [0.2, 0.25) is 0 Å². The molecule has 0 aliphatic rings. The summed E-state index contributed by atoms with van der Waals surface area (Å²) in [7, 11) is 1.92. The van der Waals surface area contributed by atoms with Crippen molar-refractivity contribution >= 4 is 12.0 Å². The van der Waals surface area contributed by atoms with E-state index in [1.165, 1.54) is 12.1 Å². The summed E-state index contributed by atoms with van der Waals surface area (Å²) in [6.07, 6.45) is -0.561. The number of aryl methyl sites for hydroxylation is 1. The van der Waals surface area contributed by atoms with Gasteiger partial charge in [-0.3, -0.25) is 9.69 Å². The molecule has 4 nitrogen and oxygen atoms in total. The van der Waals surface area contributed by atoms with Crippen molar-refractivity contribution in [1.29, 1.82) is 0 Å². The summed E-state index contributed by atoms with van der Waals surface area (Å²) >= 11 is 0. The lowest BCUT2D eigenvalue weighted by atomic mass is 9.97. The van der Waals surface area contributed by atoms with Gasteiger partial charge in [0, 0.05) is 30.4 Å². The first kappa shape index (κ1) is 26.7. The summed E-state index contributed by atoms with van der Waals surface area (Å²) in [5.41, 5.74) is 4.38. The normalized spacial score (nSPS) is 12.8. The van der Waals surface area contributed by atoms with E-state index >= 15 is 0 Å². The molecular formula is C26H35F3N2O2. The summed E-state index contributed by atoms with van der Waals surface area (Å²) in [5, 5.41) is 3.65. The molecule has 0 radical (unpaired) electrons. The average molecular weight is 465 g/mol. The number of nitrogens with zero attached hydrogens (tertiary/aromatic N) is 1. The van der Waals surface area contributed by atoms with Crippen molar-refractivity contribution in [1.82, 2.24) is 4.90 Å². The van der Waals surface area contributed by atoms with E-state index in [0.29, 0.717) is 30.6 Å². The number of alkyl halides is 3. The van der Waals surface area contributed by atoms with Crippen molar-refractivity contribution in [3.8, 4) is 5.75 Å². The molecule has 1 atom stereocenters. The highest BCUT2D eigenvalue weighted by atomic mass is 19.4. The first-order chi connectivity index (χ1) is 15.5. The van der Waals surface area contributed by atoms with Crippen molar-refractivity contribution in [2.24, 2.45) is 5.92 Å². The van der Waals surface area contributed by atoms with Crippen molar-refractivity contribution in [2.45, 2.75) is 72.5 Å². The Kier molecular flexibility index (Phi) is 9.77. The molecule has 33 heavy (non-hydrogen) atoms. The van der Waals surface area contributed by atoms with Gasteiger partial charge in [-0.1, -0.05) is 39.3 Å². The molecule has 1 N–H and O–H groups in total. The quantitative estimate of drug-likeness (QED) is 0.345. The highest BCUT2D eigenvalue weighted by Crippen LogP contribution is 2.25. The maximum Gasteiger partial charge on any atom is 0.573 e. The lowest BCUT2D eigenvalue weighted by Gasteiger charge is -2.24. The second-order valence-electron chi connectivity index (χ2n) is 9.11. The summed E-state index contributed by atoms with van der Waals surface area (Å²) in [5.74, 6) is 0.345. The monoisotopic (exact) mass is 464 g/mol. The Labute approximate surface area is 195 Å². The maximum atomic E-state index is 12.4. The minimum Gasteiger partial charge on any atom is -0.406 e. The minimum absolute atomic E-state index is 0.241. The Morgan fingerprint density at radius 1 is 1.12 bits per heavy atom. The highest BCUT2D eigenvalue weighted by molar-refractivity contribution is 5.81.